The van der Waals surface area contributed by atoms with Gasteiger partial charge in [0.25, 0.3) is 0 Å². The van der Waals surface area contributed by atoms with Crippen LogP contribution in [0.5, 0.6) is 0 Å². The molecule has 0 spiro atoms. The number of rotatable bonds is 8. The fourth-order valence-electron chi connectivity index (χ4n) is 5.04. The molecule has 3 heterocycles. The summed E-state index contributed by atoms with van der Waals surface area (Å²) in [5.74, 6) is -0.0376. The first-order valence-corrected chi connectivity index (χ1v) is 13.1. The average molecular weight is 552 g/mol. The highest BCUT2D eigenvalue weighted by Gasteiger charge is 2.35. The van der Waals surface area contributed by atoms with Crippen LogP contribution in [0.15, 0.2) is 60.9 Å². The predicted molar refractivity (Wildman–Crippen MR) is 149 cm³/mol. The molecule has 2 aromatic heterocycles. The van der Waals surface area contributed by atoms with E-state index in [9.17, 15) is 9.18 Å². The minimum Gasteiger partial charge on any atom is -0.383 e. The Balaban J connectivity index is 1.42. The van der Waals surface area contributed by atoms with Gasteiger partial charge in [0.2, 0.25) is 0 Å². The lowest BCUT2D eigenvalue weighted by Crippen LogP contribution is -2.42. The van der Waals surface area contributed by atoms with Gasteiger partial charge < -0.3 is 10.1 Å². The summed E-state index contributed by atoms with van der Waals surface area (Å²) in [6.07, 6.45) is 3.63. The number of para-hydroxylation sites is 1. The number of nitrogens with zero attached hydrogens (tertiary/aromatic N) is 5. The van der Waals surface area contributed by atoms with Crippen molar-refractivity contribution in [2.75, 3.05) is 38.7 Å². The Hall–Kier alpha value is -3.73. The molecule has 2 aromatic carbocycles. The van der Waals surface area contributed by atoms with Crippen LogP contribution < -0.4 is 10.6 Å². The third kappa shape index (κ3) is 5.83. The summed E-state index contributed by atoms with van der Waals surface area (Å²) in [5, 5.41) is 15.3. The van der Waals surface area contributed by atoms with Gasteiger partial charge in [-0.3, -0.25) is 14.9 Å². The molecule has 1 unspecified atom stereocenters. The zero-order valence-electron chi connectivity index (χ0n) is 22.1. The van der Waals surface area contributed by atoms with Crippen molar-refractivity contribution in [1.29, 1.82) is 0 Å². The van der Waals surface area contributed by atoms with Gasteiger partial charge in [-0.1, -0.05) is 35.9 Å². The number of hydrogen-bond donors (Lipinski definition) is 2. The summed E-state index contributed by atoms with van der Waals surface area (Å²) in [7, 11) is 3.50. The number of halogens is 2. The standard InChI is InChI=1S/C28H31ClFN7O2/c1-18-26(20-14-31-35(2)15-20)34-37(21-7-5-4-6-8-21)27(18)33-28(38)32-25-17-36(11-12-39-3)16-22(25)19-9-10-23(29)24(30)13-19/h4-10,13-15,22,25H,11-12,16-17H2,1-3H3,(H2,32,33,38)/t22?,25-/m1/s1. The molecule has 2 amide bonds. The van der Waals surface area contributed by atoms with Crippen molar-refractivity contribution >= 4 is 23.4 Å². The first kappa shape index (κ1) is 26.9. The van der Waals surface area contributed by atoms with Crippen LogP contribution in [0.2, 0.25) is 5.02 Å². The minimum absolute atomic E-state index is 0.0734. The Kier molecular flexibility index (Phi) is 7.97. The number of ether oxygens (including phenoxy) is 1. The lowest BCUT2D eigenvalue weighted by Gasteiger charge is -2.21. The molecule has 11 heteroatoms. The Morgan fingerprint density at radius 1 is 1.21 bits per heavy atom. The molecule has 5 rings (SSSR count). The molecule has 1 saturated heterocycles. The number of methoxy groups -OCH3 is 1. The lowest BCUT2D eigenvalue weighted by atomic mass is 9.94. The predicted octanol–water partition coefficient (Wildman–Crippen LogP) is 4.61. The highest BCUT2D eigenvalue weighted by atomic mass is 35.5. The maximum atomic E-state index is 14.3. The molecule has 204 valence electrons. The lowest BCUT2D eigenvalue weighted by molar-refractivity contribution is 0.159. The Bertz CT molecular complexity index is 1460. The fourth-order valence-corrected chi connectivity index (χ4v) is 5.16. The van der Waals surface area contributed by atoms with Crippen molar-refractivity contribution < 1.29 is 13.9 Å². The summed E-state index contributed by atoms with van der Waals surface area (Å²) in [4.78, 5) is 15.7. The number of aromatic nitrogens is 4. The van der Waals surface area contributed by atoms with Crippen LogP contribution >= 0.6 is 11.6 Å². The summed E-state index contributed by atoms with van der Waals surface area (Å²) in [5.41, 5.74) is 3.98. The van der Waals surface area contributed by atoms with E-state index >= 15 is 0 Å². The van der Waals surface area contributed by atoms with Gasteiger partial charge in [-0.2, -0.15) is 10.2 Å². The van der Waals surface area contributed by atoms with Crippen LogP contribution in [0.3, 0.4) is 0 Å². The quantitative estimate of drug-likeness (QED) is 0.334. The zero-order valence-corrected chi connectivity index (χ0v) is 22.8. The molecule has 1 aliphatic heterocycles. The van der Waals surface area contributed by atoms with Crippen molar-refractivity contribution in [1.82, 2.24) is 29.8 Å². The second-order valence-corrected chi connectivity index (χ2v) is 10.1. The highest BCUT2D eigenvalue weighted by molar-refractivity contribution is 6.30. The topological polar surface area (TPSA) is 89.2 Å². The van der Waals surface area contributed by atoms with Crippen molar-refractivity contribution in [2.45, 2.75) is 18.9 Å². The van der Waals surface area contributed by atoms with E-state index < -0.39 is 5.82 Å². The van der Waals surface area contributed by atoms with Gasteiger partial charge in [0, 0.05) is 57.0 Å². The van der Waals surface area contributed by atoms with E-state index in [1.165, 1.54) is 6.07 Å². The summed E-state index contributed by atoms with van der Waals surface area (Å²) >= 11 is 5.93. The normalized spacial score (nSPS) is 17.5. The molecule has 0 saturated carbocycles. The van der Waals surface area contributed by atoms with Gasteiger partial charge in [0.15, 0.2) is 0 Å². The number of carbonyl (C=O) groups is 1. The van der Waals surface area contributed by atoms with E-state index in [0.29, 0.717) is 32.1 Å². The molecule has 0 bridgehead atoms. The number of anilines is 1. The molecule has 0 aliphatic carbocycles. The summed E-state index contributed by atoms with van der Waals surface area (Å²) in [6, 6.07) is 13.8. The number of hydrogen-bond acceptors (Lipinski definition) is 5. The van der Waals surface area contributed by atoms with Gasteiger partial charge >= 0.3 is 6.03 Å². The molecule has 39 heavy (non-hydrogen) atoms. The molecule has 2 N–H and O–H groups in total. The molecule has 9 nitrogen and oxygen atoms in total. The maximum absolute atomic E-state index is 14.3. The molecular weight excluding hydrogens is 521 g/mol. The maximum Gasteiger partial charge on any atom is 0.320 e. The Morgan fingerprint density at radius 3 is 2.69 bits per heavy atom. The molecule has 2 atom stereocenters. The monoisotopic (exact) mass is 551 g/mol. The zero-order chi connectivity index (χ0) is 27.5. The smallest absolute Gasteiger partial charge is 0.320 e. The van der Waals surface area contributed by atoms with Crippen LogP contribution in [-0.2, 0) is 11.8 Å². The van der Waals surface area contributed by atoms with Crippen LogP contribution in [0.25, 0.3) is 16.9 Å². The minimum atomic E-state index is -0.474. The van der Waals surface area contributed by atoms with E-state index in [1.807, 2.05) is 56.6 Å². The number of amides is 2. The number of carbonyl (C=O) groups excluding carboxylic acids is 1. The number of benzene rings is 2. The molecule has 4 aromatic rings. The van der Waals surface area contributed by atoms with E-state index in [1.54, 1.807) is 28.7 Å². The number of urea groups is 1. The van der Waals surface area contributed by atoms with Gasteiger partial charge in [-0.05, 0) is 36.8 Å². The van der Waals surface area contributed by atoms with Crippen LogP contribution in [0.4, 0.5) is 15.0 Å². The van der Waals surface area contributed by atoms with Gasteiger partial charge in [-0.25, -0.2) is 13.9 Å². The van der Waals surface area contributed by atoms with Crippen molar-refractivity contribution in [3.05, 3.63) is 82.9 Å². The largest absolute Gasteiger partial charge is 0.383 e. The van der Waals surface area contributed by atoms with Crippen LogP contribution in [0.1, 0.15) is 17.0 Å². The Morgan fingerprint density at radius 2 is 2.00 bits per heavy atom. The van der Waals surface area contributed by atoms with Crippen molar-refractivity contribution in [2.24, 2.45) is 7.05 Å². The van der Waals surface area contributed by atoms with Crippen molar-refractivity contribution in [3.8, 4) is 16.9 Å². The molecule has 1 aliphatic rings. The first-order valence-electron chi connectivity index (χ1n) is 12.7. The number of likely N-dealkylation sites (tertiary alicyclic amines) is 1. The third-order valence-corrected chi connectivity index (χ3v) is 7.34. The Labute approximate surface area is 231 Å². The number of aryl methyl sites for hydroxylation is 1. The summed E-state index contributed by atoms with van der Waals surface area (Å²) < 4.78 is 23.0. The van der Waals surface area contributed by atoms with Gasteiger partial charge in [-0.15, -0.1) is 0 Å². The van der Waals surface area contributed by atoms with E-state index in [-0.39, 0.29) is 23.0 Å². The van der Waals surface area contributed by atoms with Gasteiger partial charge in [0.05, 0.1) is 29.6 Å². The molecule has 1 fully saturated rings. The second-order valence-electron chi connectivity index (χ2n) is 9.71. The van der Waals surface area contributed by atoms with E-state index in [2.05, 4.69) is 20.6 Å². The summed E-state index contributed by atoms with van der Waals surface area (Å²) in [6.45, 7) is 4.45. The second kappa shape index (κ2) is 11.6. The third-order valence-electron chi connectivity index (χ3n) is 7.03. The van der Waals surface area contributed by atoms with Gasteiger partial charge in [0.1, 0.15) is 17.3 Å². The fraction of sp³-hybridized carbons (Fsp3) is 0.321. The van der Waals surface area contributed by atoms with E-state index in [4.69, 9.17) is 21.4 Å². The van der Waals surface area contributed by atoms with Crippen LogP contribution in [0, 0.1) is 12.7 Å². The SMILES string of the molecule is COCCN1CC(c2ccc(Cl)c(F)c2)[C@H](NC(=O)Nc2c(C)c(-c3cnn(C)c3)nn2-c2ccccc2)C1. The molecule has 0 radical (unpaired) electrons. The highest BCUT2D eigenvalue weighted by Crippen LogP contribution is 2.32. The first-order chi connectivity index (χ1) is 18.8. The van der Waals surface area contributed by atoms with Crippen molar-refractivity contribution in [3.63, 3.8) is 0 Å². The average Bonchev–Trinajstić information content (AvgIpc) is 3.62. The molecular formula is C28H31ClFN7O2. The number of nitrogens with one attached hydrogen (secondary N) is 2. The van der Waals surface area contributed by atoms with Crippen LogP contribution in [-0.4, -0.2) is 69.9 Å². The van der Waals surface area contributed by atoms with E-state index in [0.717, 1.165) is 28.1 Å².